The van der Waals surface area contributed by atoms with Gasteiger partial charge in [-0.1, -0.05) is 18.2 Å². The fraction of sp³-hybridized carbons (Fsp3) is 0.400. The Balaban J connectivity index is 1.71. The van der Waals surface area contributed by atoms with Crippen molar-refractivity contribution in [1.82, 2.24) is 4.90 Å². The highest BCUT2D eigenvalue weighted by atomic mass is 16.5. The van der Waals surface area contributed by atoms with E-state index in [0.717, 1.165) is 25.7 Å². The minimum atomic E-state index is -1.25. The molecule has 4 rings (SSSR count). The van der Waals surface area contributed by atoms with Crippen LogP contribution in [-0.4, -0.2) is 35.0 Å². The zero-order chi connectivity index (χ0) is 23.5. The molecule has 2 unspecified atom stereocenters. The lowest BCUT2D eigenvalue weighted by Crippen LogP contribution is -2.32. The van der Waals surface area contributed by atoms with Crippen molar-refractivity contribution in [2.45, 2.75) is 57.4 Å². The molecule has 2 aromatic carbocycles. The summed E-state index contributed by atoms with van der Waals surface area (Å²) in [4.78, 5) is 26.3. The number of ether oxygens (including phenoxy) is 2. The zero-order valence-corrected chi connectivity index (χ0v) is 18.7. The van der Waals surface area contributed by atoms with Crippen molar-refractivity contribution < 1.29 is 24.2 Å². The van der Waals surface area contributed by atoms with Gasteiger partial charge in [0.2, 0.25) is 5.91 Å². The molecule has 1 aliphatic heterocycles. The number of aliphatic hydroxyl groups is 1. The number of fused-ring (bicyclic) bond motifs is 1. The fourth-order valence-corrected chi connectivity index (χ4v) is 4.66. The molecule has 2 aliphatic rings. The monoisotopic (exact) mass is 449 g/mol. The second-order valence-electron chi connectivity index (χ2n) is 8.35. The van der Waals surface area contributed by atoms with E-state index in [-0.39, 0.29) is 24.0 Å². The first-order valence-electron chi connectivity index (χ1n) is 11.1. The minimum absolute atomic E-state index is 0.0263. The van der Waals surface area contributed by atoms with E-state index in [1.54, 1.807) is 43.5 Å². The molecule has 0 radical (unpaired) electrons. The van der Waals surface area contributed by atoms with Crippen molar-refractivity contribution in [1.29, 1.82) is 5.26 Å². The number of methoxy groups -OCH3 is 1. The number of amides is 2. The molecule has 172 valence electrons. The van der Waals surface area contributed by atoms with Crippen molar-refractivity contribution in [3.63, 3.8) is 0 Å². The Morgan fingerprint density at radius 3 is 2.70 bits per heavy atom. The third-order valence-corrected chi connectivity index (χ3v) is 6.19. The first-order chi connectivity index (χ1) is 15.9. The third-order valence-electron chi connectivity index (χ3n) is 6.19. The number of anilines is 1. The molecule has 2 amide bonds. The Labute approximate surface area is 192 Å². The minimum Gasteiger partial charge on any atom is -0.493 e. The number of carbonyl (C=O) groups excluding carboxylic acids is 2. The lowest BCUT2D eigenvalue weighted by atomic mass is 10.0. The summed E-state index contributed by atoms with van der Waals surface area (Å²) in [7, 11) is 1.57. The van der Waals surface area contributed by atoms with Crippen LogP contribution in [-0.2, 0) is 4.79 Å². The third kappa shape index (κ3) is 4.37. The number of nitrogens with zero attached hydrogens (tertiary/aromatic N) is 2. The quantitative estimate of drug-likeness (QED) is 0.659. The summed E-state index contributed by atoms with van der Waals surface area (Å²) in [6.07, 6.45) is 3.01. The molecule has 8 nitrogen and oxygen atoms in total. The number of hydrogen-bond donors (Lipinski definition) is 2. The van der Waals surface area contributed by atoms with Crippen molar-refractivity contribution in [2.24, 2.45) is 0 Å². The van der Waals surface area contributed by atoms with E-state index in [2.05, 4.69) is 11.4 Å². The lowest BCUT2D eigenvalue weighted by Gasteiger charge is -2.30. The maximum absolute atomic E-state index is 13.4. The number of rotatable bonds is 7. The van der Waals surface area contributed by atoms with Gasteiger partial charge in [0.15, 0.2) is 17.7 Å². The molecule has 1 saturated carbocycles. The normalized spacial score (nSPS) is 18.5. The van der Waals surface area contributed by atoms with E-state index < -0.39 is 18.2 Å². The standard InChI is InChI=1S/C25H27N3O5/c1-15(29)27-19-9-5-8-18-23(19)25(31)28(24(18)30)20(12-13-26)16-10-11-21(32-2)22(14-16)33-17-6-3-4-7-17/h5,8-11,14,17,20,24,30H,3-4,6-7,12H2,1-2H3,(H,27,29). The molecule has 8 heteroatoms. The van der Waals surface area contributed by atoms with Crippen molar-refractivity contribution >= 4 is 17.5 Å². The van der Waals surface area contributed by atoms with Gasteiger partial charge in [-0.15, -0.1) is 0 Å². The van der Waals surface area contributed by atoms with Crippen LogP contribution in [0.1, 0.15) is 72.8 Å². The largest absolute Gasteiger partial charge is 0.493 e. The van der Waals surface area contributed by atoms with E-state index in [1.165, 1.54) is 11.8 Å². The highest BCUT2D eigenvalue weighted by Gasteiger charge is 2.42. The van der Waals surface area contributed by atoms with Crippen molar-refractivity contribution in [2.75, 3.05) is 12.4 Å². The van der Waals surface area contributed by atoms with Gasteiger partial charge in [0, 0.05) is 12.5 Å². The van der Waals surface area contributed by atoms with E-state index in [0.29, 0.717) is 28.3 Å². The second kappa shape index (κ2) is 9.51. The molecule has 0 bridgehead atoms. The second-order valence-corrected chi connectivity index (χ2v) is 8.35. The predicted octanol–water partition coefficient (Wildman–Crippen LogP) is 4.08. The molecule has 1 fully saturated rings. The summed E-state index contributed by atoms with van der Waals surface area (Å²) in [6, 6.07) is 11.7. The summed E-state index contributed by atoms with van der Waals surface area (Å²) in [5, 5.41) is 23.2. The van der Waals surface area contributed by atoms with Crippen LogP contribution in [0.3, 0.4) is 0 Å². The van der Waals surface area contributed by atoms with Gasteiger partial charge >= 0.3 is 0 Å². The molecule has 1 heterocycles. The van der Waals surface area contributed by atoms with Crippen LogP contribution in [0.2, 0.25) is 0 Å². The van der Waals surface area contributed by atoms with E-state index in [9.17, 15) is 20.0 Å². The molecule has 2 N–H and O–H groups in total. The van der Waals surface area contributed by atoms with E-state index >= 15 is 0 Å². The highest BCUT2D eigenvalue weighted by Crippen LogP contribution is 2.44. The van der Waals surface area contributed by atoms with Crippen LogP contribution in [0.5, 0.6) is 11.5 Å². The summed E-state index contributed by atoms with van der Waals surface area (Å²) in [5.41, 5.74) is 1.62. The average molecular weight is 450 g/mol. The van der Waals surface area contributed by atoms with E-state index in [4.69, 9.17) is 9.47 Å². The van der Waals surface area contributed by atoms with Crippen molar-refractivity contribution in [3.05, 3.63) is 53.1 Å². The zero-order valence-electron chi connectivity index (χ0n) is 18.7. The number of carbonyl (C=O) groups is 2. The van der Waals surface area contributed by atoms with Crippen LogP contribution < -0.4 is 14.8 Å². The molecule has 0 spiro atoms. The molecule has 2 aromatic rings. The topological polar surface area (TPSA) is 112 Å². The molecule has 2 atom stereocenters. The Morgan fingerprint density at radius 1 is 1.27 bits per heavy atom. The molecule has 33 heavy (non-hydrogen) atoms. The highest BCUT2D eigenvalue weighted by molar-refractivity contribution is 6.07. The Morgan fingerprint density at radius 2 is 2.03 bits per heavy atom. The number of aliphatic hydroxyl groups excluding tert-OH is 1. The summed E-state index contributed by atoms with van der Waals surface area (Å²) < 4.78 is 11.6. The van der Waals surface area contributed by atoms with Crippen LogP contribution in [0, 0.1) is 11.3 Å². The van der Waals surface area contributed by atoms with Gasteiger partial charge < -0.3 is 24.8 Å². The van der Waals surface area contributed by atoms with Crippen LogP contribution >= 0.6 is 0 Å². The summed E-state index contributed by atoms with van der Waals surface area (Å²) in [5.74, 6) is 0.367. The Bertz CT molecular complexity index is 1100. The molecule has 0 saturated heterocycles. The fourth-order valence-electron chi connectivity index (χ4n) is 4.66. The van der Waals surface area contributed by atoms with Crippen LogP contribution in [0.25, 0.3) is 0 Å². The Hall–Kier alpha value is -3.57. The van der Waals surface area contributed by atoms with Crippen LogP contribution in [0.4, 0.5) is 5.69 Å². The maximum Gasteiger partial charge on any atom is 0.259 e. The van der Waals surface area contributed by atoms with E-state index in [1.807, 2.05) is 0 Å². The first-order valence-corrected chi connectivity index (χ1v) is 11.1. The average Bonchev–Trinajstić information content (AvgIpc) is 3.39. The SMILES string of the molecule is COc1ccc(C(CC#N)N2C(=O)c3c(NC(C)=O)cccc3C2O)cc1OC1CCCC1. The van der Waals surface area contributed by atoms with Gasteiger partial charge in [0.25, 0.3) is 5.91 Å². The number of hydrogen-bond acceptors (Lipinski definition) is 6. The smallest absolute Gasteiger partial charge is 0.259 e. The number of nitrogens with one attached hydrogen (secondary N) is 1. The first kappa shape index (κ1) is 22.6. The molecule has 0 aromatic heterocycles. The number of nitriles is 1. The maximum atomic E-state index is 13.4. The predicted molar refractivity (Wildman–Crippen MR) is 121 cm³/mol. The molecule has 1 aliphatic carbocycles. The van der Waals surface area contributed by atoms with Gasteiger partial charge in [-0.3, -0.25) is 9.59 Å². The van der Waals surface area contributed by atoms with Gasteiger partial charge in [0.1, 0.15) is 0 Å². The van der Waals surface area contributed by atoms with Crippen LogP contribution in [0.15, 0.2) is 36.4 Å². The Kier molecular flexibility index (Phi) is 6.52. The van der Waals surface area contributed by atoms with Gasteiger partial charge in [0.05, 0.1) is 43.0 Å². The summed E-state index contributed by atoms with van der Waals surface area (Å²) in [6.45, 7) is 1.36. The van der Waals surface area contributed by atoms with Gasteiger partial charge in [-0.2, -0.15) is 5.26 Å². The molecular formula is C25H27N3O5. The van der Waals surface area contributed by atoms with Gasteiger partial charge in [-0.25, -0.2) is 0 Å². The van der Waals surface area contributed by atoms with Gasteiger partial charge in [-0.05, 0) is 49.4 Å². The lowest BCUT2D eigenvalue weighted by molar-refractivity contribution is -0.114. The van der Waals surface area contributed by atoms with Crippen molar-refractivity contribution in [3.8, 4) is 17.6 Å². The number of benzene rings is 2. The summed E-state index contributed by atoms with van der Waals surface area (Å²) >= 11 is 0. The molecular weight excluding hydrogens is 422 g/mol.